The van der Waals surface area contributed by atoms with Gasteiger partial charge in [-0.1, -0.05) is 17.7 Å². The van der Waals surface area contributed by atoms with Crippen LogP contribution < -0.4 is 10.6 Å². The molecule has 2 aromatic carbocycles. The molecule has 1 aliphatic heterocycles. The molecule has 2 N–H and O–H groups in total. The average Bonchev–Trinajstić information content (AvgIpc) is 2.84. The topological polar surface area (TPSA) is 92.3 Å². The molecule has 0 aliphatic carbocycles. The second kappa shape index (κ2) is 8.77. The summed E-state index contributed by atoms with van der Waals surface area (Å²) >= 11 is 7.56. The van der Waals surface area contributed by atoms with E-state index < -0.39 is 21.0 Å². The highest BCUT2D eigenvalue weighted by atomic mass is 35.5. The summed E-state index contributed by atoms with van der Waals surface area (Å²) in [6.07, 6.45) is 0.174. The molecule has 9 heteroatoms. The quantitative estimate of drug-likeness (QED) is 0.706. The van der Waals surface area contributed by atoms with Crippen LogP contribution in [0.4, 0.5) is 11.4 Å². The van der Waals surface area contributed by atoms with Crippen LogP contribution in [-0.4, -0.2) is 31.2 Å². The number of benzene rings is 2. The number of carbonyl (C=O) groups is 2. The molecular weight excluding hydrogens is 432 g/mol. The standard InChI is InChI=1S/C20H21ClN2O4S2/c1-12-3-4-14(10-16(12)21)22-20(25)9-13(2)29(26,27)15-5-6-18-17(11-15)23-19(24)7-8-28-18/h3-6,10-11,13H,7-9H2,1-2H3,(H,22,25)(H,23,24). The lowest BCUT2D eigenvalue weighted by molar-refractivity contribution is -0.116. The summed E-state index contributed by atoms with van der Waals surface area (Å²) in [4.78, 5) is 25.0. The SMILES string of the molecule is Cc1ccc(NC(=O)CC(C)S(=O)(=O)c2ccc3c(c2)NC(=O)CCS3)cc1Cl. The van der Waals surface area contributed by atoms with Gasteiger partial charge in [-0.3, -0.25) is 9.59 Å². The van der Waals surface area contributed by atoms with Crippen molar-refractivity contribution < 1.29 is 18.0 Å². The predicted molar refractivity (Wildman–Crippen MR) is 116 cm³/mol. The van der Waals surface area contributed by atoms with Gasteiger partial charge in [0.15, 0.2) is 9.84 Å². The summed E-state index contributed by atoms with van der Waals surface area (Å²) in [6.45, 7) is 3.35. The predicted octanol–water partition coefficient (Wildman–Crippen LogP) is 4.27. The molecule has 29 heavy (non-hydrogen) atoms. The lowest BCUT2D eigenvalue weighted by atomic mass is 10.2. The first-order valence-electron chi connectivity index (χ1n) is 9.03. The number of amides is 2. The van der Waals surface area contributed by atoms with Crippen LogP contribution >= 0.6 is 23.4 Å². The molecule has 1 aliphatic rings. The molecule has 0 spiro atoms. The highest BCUT2D eigenvalue weighted by molar-refractivity contribution is 7.99. The van der Waals surface area contributed by atoms with E-state index in [9.17, 15) is 18.0 Å². The van der Waals surface area contributed by atoms with Crippen LogP contribution in [-0.2, 0) is 19.4 Å². The number of hydrogen-bond acceptors (Lipinski definition) is 5. The van der Waals surface area contributed by atoms with Crippen LogP contribution in [0.5, 0.6) is 0 Å². The number of fused-ring (bicyclic) bond motifs is 1. The smallest absolute Gasteiger partial charge is 0.225 e. The van der Waals surface area contributed by atoms with Crippen molar-refractivity contribution in [2.75, 3.05) is 16.4 Å². The molecule has 2 aromatic rings. The van der Waals surface area contributed by atoms with Crippen LogP contribution in [0.2, 0.25) is 5.02 Å². The van der Waals surface area contributed by atoms with E-state index in [-0.39, 0.29) is 17.2 Å². The lowest BCUT2D eigenvalue weighted by Gasteiger charge is -2.15. The second-order valence-electron chi connectivity index (χ2n) is 6.88. The Morgan fingerprint density at radius 1 is 1.28 bits per heavy atom. The molecule has 0 fully saturated rings. The summed E-state index contributed by atoms with van der Waals surface area (Å²) in [5, 5.41) is 5.01. The Labute approximate surface area is 179 Å². The van der Waals surface area contributed by atoms with Crippen LogP contribution in [0.3, 0.4) is 0 Å². The van der Waals surface area contributed by atoms with Crippen molar-refractivity contribution in [1.82, 2.24) is 0 Å². The number of nitrogens with one attached hydrogen (secondary N) is 2. The average molecular weight is 453 g/mol. The summed E-state index contributed by atoms with van der Waals surface area (Å²) in [5.41, 5.74) is 1.89. The third kappa shape index (κ3) is 5.12. The third-order valence-electron chi connectivity index (χ3n) is 4.60. The van der Waals surface area contributed by atoms with E-state index in [2.05, 4.69) is 10.6 Å². The van der Waals surface area contributed by atoms with Crippen molar-refractivity contribution in [2.45, 2.75) is 41.7 Å². The molecule has 0 bridgehead atoms. The maximum atomic E-state index is 13.0. The molecule has 0 saturated carbocycles. The zero-order valence-corrected chi connectivity index (χ0v) is 18.4. The fourth-order valence-electron chi connectivity index (χ4n) is 2.86. The lowest BCUT2D eigenvalue weighted by Crippen LogP contribution is -2.25. The molecule has 0 radical (unpaired) electrons. The van der Waals surface area contributed by atoms with E-state index in [1.165, 1.54) is 30.8 Å². The first kappa shape index (κ1) is 21.7. The second-order valence-corrected chi connectivity index (χ2v) is 10.8. The fraction of sp³-hybridized carbons (Fsp3) is 0.300. The highest BCUT2D eigenvalue weighted by Crippen LogP contribution is 2.33. The van der Waals surface area contributed by atoms with E-state index in [1.54, 1.807) is 24.3 Å². The Hall–Kier alpha value is -2.03. The van der Waals surface area contributed by atoms with Crippen molar-refractivity contribution in [3.8, 4) is 0 Å². The minimum absolute atomic E-state index is 0.0812. The maximum absolute atomic E-state index is 13.0. The number of hydrogen-bond donors (Lipinski definition) is 2. The number of thioether (sulfide) groups is 1. The third-order valence-corrected chi connectivity index (χ3v) is 8.22. The highest BCUT2D eigenvalue weighted by Gasteiger charge is 2.27. The summed E-state index contributed by atoms with van der Waals surface area (Å²) in [5.74, 6) is 0.0828. The molecule has 0 saturated heterocycles. The van der Waals surface area contributed by atoms with Gasteiger partial charge in [-0.25, -0.2) is 8.42 Å². The molecule has 2 amide bonds. The van der Waals surface area contributed by atoms with Crippen LogP contribution in [0, 0.1) is 6.92 Å². The first-order valence-corrected chi connectivity index (χ1v) is 11.9. The van der Waals surface area contributed by atoms with Gasteiger partial charge in [-0.2, -0.15) is 0 Å². The molecule has 1 atom stereocenters. The van der Waals surface area contributed by atoms with Crippen molar-refractivity contribution in [3.63, 3.8) is 0 Å². The summed E-state index contributed by atoms with van der Waals surface area (Å²) in [7, 11) is -3.75. The van der Waals surface area contributed by atoms with Crippen LogP contribution in [0.15, 0.2) is 46.2 Å². The van der Waals surface area contributed by atoms with E-state index in [1.807, 2.05) is 6.92 Å². The van der Waals surface area contributed by atoms with E-state index in [4.69, 9.17) is 11.6 Å². The molecule has 6 nitrogen and oxygen atoms in total. The number of sulfone groups is 1. The zero-order chi connectivity index (χ0) is 21.2. The van der Waals surface area contributed by atoms with Gasteiger partial charge < -0.3 is 10.6 Å². The van der Waals surface area contributed by atoms with Gasteiger partial charge in [0.1, 0.15) is 0 Å². The van der Waals surface area contributed by atoms with Gasteiger partial charge in [-0.15, -0.1) is 11.8 Å². The fourth-order valence-corrected chi connectivity index (χ4v) is 5.35. The van der Waals surface area contributed by atoms with Crippen molar-refractivity contribution in [2.24, 2.45) is 0 Å². The van der Waals surface area contributed by atoms with E-state index in [0.717, 1.165) is 10.5 Å². The first-order chi connectivity index (χ1) is 13.7. The number of anilines is 2. The van der Waals surface area contributed by atoms with Crippen LogP contribution in [0.25, 0.3) is 0 Å². The Morgan fingerprint density at radius 2 is 2.03 bits per heavy atom. The minimum Gasteiger partial charge on any atom is -0.326 e. The Morgan fingerprint density at radius 3 is 2.76 bits per heavy atom. The van der Waals surface area contributed by atoms with Gasteiger partial charge in [0, 0.05) is 34.2 Å². The number of aryl methyl sites for hydroxylation is 1. The molecule has 1 heterocycles. The minimum atomic E-state index is -3.75. The Bertz CT molecular complexity index is 1070. The molecular formula is C20H21ClN2O4S2. The van der Waals surface area contributed by atoms with Crippen molar-refractivity contribution in [3.05, 3.63) is 47.0 Å². The zero-order valence-electron chi connectivity index (χ0n) is 16.0. The van der Waals surface area contributed by atoms with Gasteiger partial charge in [0.2, 0.25) is 11.8 Å². The largest absolute Gasteiger partial charge is 0.326 e. The van der Waals surface area contributed by atoms with Crippen LogP contribution in [0.1, 0.15) is 25.3 Å². The molecule has 3 rings (SSSR count). The van der Waals surface area contributed by atoms with Gasteiger partial charge >= 0.3 is 0 Å². The van der Waals surface area contributed by atoms with Crippen molar-refractivity contribution >= 4 is 56.4 Å². The molecule has 1 unspecified atom stereocenters. The normalized spacial score (nSPS) is 15.1. The number of halogens is 1. The molecule has 154 valence electrons. The van der Waals surface area contributed by atoms with Gasteiger partial charge in [-0.05, 0) is 49.7 Å². The summed E-state index contributed by atoms with van der Waals surface area (Å²) in [6, 6.07) is 9.80. The van der Waals surface area contributed by atoms with E-state index in [0.29, 0.717) is 28.6 Å². The Balaban J connectivity index is 1.74. The molecule has 0 aromatic heterocycles. The van der Waals surface area contributed by atoms with Gasteiger partial charge in [0.25, 0.3) is 0 Å². The maximum Gasteiger partial charge on any atom is 0.225 e. The number of rotatable bonds is 5. The van der Waals surface area contributed by atoms with E-state index >= 15 is 0 Å². The van der Waals surface area contributed by atoms with Crippen molar-refractivity contribution in [1.29, 1.82) is 0 Å². The summed E-state index contributed by atoms with van der Waals surface area (Å²) < 4.78 is 25.9. The van der Waals surface area contributed by atoms with Gasteiger partial charge in [0.05, 0.1) is 15.8 Å². The number of carbonyl (C=O) groups excluding carboxylic acids is 2. The monoisotopic (exact) mass is 452 g/mol. The Kier molecular flexibility index (Phi) is 6.55.